The van der Waals surface area contributed by atoms with Crippen molar-refractivity contribution in [2.24, 2.45) is 5.73 Å². The highest BCUT2D eigenvalue weighted by Crippen LogP contribution is 2.30. The second-order valence-electron chi connectivity index (χ2n) is 6.67. The smallest absolute Gasteiger partial charge is 0.328 e. The summed E-state index contributed by atoms with van der Waals surface area (Å²) in [4.78, 5) is 0. The molecule has 0 saturated carbocycles. The molecule has 0 aliphatic rings. The van der Waals surface area contributed by atoms with Crippen LogP contribution < -0.4 is 5.73 Å². The second kappa shape index (κ2) is 7.92. The Morgan fingerprint density at radius 3 is 2.31 bits per heavy atom. The molecule has 0 spiro atoms. The van der Waals surface area contributed by atoms with Gasteiger partial charge in [0.1, 0.15) is 0 Å². The molecule has 1 nitrogen and oxygen atoms in total. The van der Waals surface area contributed by atoms with Crippen molar-refractivity contribution in [1.29, 1.82) is 0 Å². The van der Waals surface area contributed by atoms with Crippen LogP contribution in [0.25, 0.3) is 10.8 Å². The molecule has 0 radical (unpaired) electrons. The Kier molecular flexibility index (Phi) is 5.62. The Balaban J connectivity index is 1.57. The van der Waals surface area contributed by atoms with Crippen LogP contribution in [0, 0.1) is 0 Å². The quantitative estimate of drug-likeness (QED) is 0.597. The second-order valence-corrected chi connectivity index (χ2v) is 6.67. The number of alkyl halides is 3. The first-order chi connectivity index (χ1) is 12.4. The van der Waals surface area contributed by atoms with Gasteiger partial charge in [0.2, 0.25) is 0 Å². The fourth-order valence-corrected chi connectivity index (χ4v) is 3.25. The Morgan fingerprint density at radius 1 is 0.808 bits per heavy atom. The monoisotopic (exact) mass is 357 g/mol. The van der Waals surface area contributed by atoms with Crippen molar-refractivity contribution in [1.82, 2.24) is 0 Å². The largest absolute Gasteiger partial charge is 0.416 e. The molecule has 0 aliphatic heterocycles. The summed E-state index contributed by atoms with van der Waals surface area (Å²) in [6.45, 7) is 0. The summed E-state index contributed by atoms with van der Waals surface area (Å²) >= 11 is 0. The molecule has 0 heterocycles. The van der Waals surface area contributed by atoms with Gasteiger partial charge in [-0.2, -0.15) is 13.2 Å². The van der Waals surface area contributed by atoms with Gasteiger partial charge < -0.3 is 5.73 Å². The van der Waals surface area contributed by atoms with Crippen LogP contribution in [-0.2, 0) is 19.0 Å². The zero-order valence-corrected chi connectivity index (χ0v) is 14.5. The highest BCUT2D eigenvalue weighted by molar-refractivity contribution is 5.85. The predicted molar refractivity (Wildman–Crippen MR) is 100 cm³/mol. The summed E-state index contributed by atoms with van der Waals surface area (Å²) in [5, 5.41) is 2.45. The van der Waals surface area contributed by atoms with E-state index in [4.69, 9.17) is 5.73 Å². The Hall–Kier alpha value is -2.33. The highest BCUT2D eigenvalue weighted by atomic mass is 19.4. The fourth-order valence-electron chi connectivity index (χ4n) is 3.25. The van der Waals surface area contributed by atoms with E-state index < -0.39 is 11.7 Å². The average molecular weight is 357 g/mol. The average Bonchev–Trinajstić information content (AvgIpc) is 2.64. The van der Waals surface area contributed by atoms with Crippen molar-refractivity contribution in [3.63, 3.8) is 0 Å². The number of hydrogen-bond acceptors (Lipinski definition) is 1. The van der Waals surface area contributed by atoms with Crippen molar-refractivity contribution in [3.05, 3.63) is 83.4 Å². The van der Waals surface area contributed by atoms with E-state index in [1.165, 1.54) is 28.5 Å². The van der Waals surface area contributed by atoms with Crippen molar-refractivity contribution in [2.75, 3.05) is 0 Å². The maximum atomic E-state index is 12.8. The van der Waals surface area contributed by atoms with E-state index in [-0.39, 0.29) is 6.04 Å². The molecule has 0 aromatic heterocycles. The maximum absolute atomic E-state index is 12.8. The molecule has 1 unspecified atom stereocenters. The number of benzene rings is 3. The highest BCUT2D eigenvalue weighted by Gasteiger charge is 2.30. The Labute approximate surface area is 151 Å². The van der Waals surface area contributed by atoms with Crippen molar-refractivity contribution < 1.29 is 13.2 Å². The fraction of sp³-hybridized carbons (Fsp3) is 0.273. The Bertz CT molecular complexity index is 865. The van der Waals surface area contributed by atoms with Gasteiger partial charge in [0.05, 0.1) is 5.56 Å². The predicted octanol–water partition coefficient (Wildman–Crippen LogP) is 5.75. The van der Waals surface area contributed by atoms with Crippen LogP contribution in [0.5, 0.6) is 0 Å². The van der Waals surface area contributed by atoms with Crippen molar-refractivity contribution in [3.8, 4) is 0 Å². The lowest BCUT2D eigenvalue weighted by molar-refractivity contribution is -0.137. The summed E-state index contributed by atoms with van der Waals surface area (Å²) in [7, 11) is 0. The molecule has 3 rings (SSSR count). The molecular formula is C22H22F3N. The van der Waals surface area contributed by atoms with E-state index in [9.17, 15) is 13.2 Å². The first kappa shape index (κ1) is 18.5. The van der Waals surface area contributed by atoms with E-state index in [0.29, 0.717) is 18.4 Å². The van der Waals surface area contributed by atoms with Crippen molar-refractivity contribution in [2.45, 2.75) is 37.9 Å². The molecule has 1 atom stereocenters. The van der Waals surface area contributed by atoms with E-state index >= 15 is 0 Å². The number of halogens is 3. The number of fused-ring (bicyclic) bond motifs is 1. The molecule has 3 aromatic carbocycles. The van der Waals surface area contributed by atoms with Gasteiger partial charge in [0, 0.05) is 6.04 Å². The van der Waals surface area contributed by atoms with Gasteiger partial charge in [-0.3, -0.25) is 0 Å². The van der Waals surface area contributed by atoms with Crippen LogP contribution in [-0.4, -0.2) is 6.04 Å². The molecular weight excluding hydrogens is 335 g/mol. The van der Waals surface area contributed by atoms with Crippen LogP contribution in [0.1, 0.15) is 29.5 Å². The minimum absolute atomic E-state index is 0.0384. The third-order valence-corrected chi connectivity index (χ3v) is 4.72. The van der Waals surface area contributed by atoms with Crippen LogP contribution in [0.3, 0.4) is 0 Å². The molecule has 2 N–H and O–H groups in total. The number of hydrogen-bond donors (Lipinski definition) is 1. The van der Waals surface area contributed by atoms with Crippen LogP contribution >= 0.6 is 0 Å². The summed E-state index contributed by atoms with van der Waals surface area (Å²) in [6.07, 6.45) is -1.39. The SMILES string of the molecule is NC(CCc1cccc(C(F)(F)F)c1)CCc1cccc2ccccc12. The summed E-state index contributed by atoms with van der Waals surface area (Å²) in [5.41, 5.74) is 7.56. The standard InChI is InChI=1S/C22H22F3N/c23-22(24,25)19-9-3-5-16(15-19)11-13-20(26)14-12-18-8-4-7-17-6-1-2-10-21(17)18/h1-10,15,20H,11-14,26H2. The lowest BCUT2D eigenvalue weighted by atomic mass is 9.96. The van der Waals surface area contributed by atoms with Gasteiger partial charge in [0.25, 0.3) is 0 Å². The minimum atomic E-state index is -4.30. The van der Waals surface area contributed by atoms with Gasteiger partial charge in [-0.25, -0.2) is 0 Å². The molecule has 136 valence electrons. The van der Waals surface area contributed by atoms with Crippen molar-refractivity contribution >= 4 is 10.8 Å². The molecule has 26 heavy (non-hydrogen) atoms. The number of rotatable bonds is 6. The zero-order chi connectivity index (χ0) is 18.6. The Morgan fingerprint density at radius 2 is 1.50 bits per heavy atom. The normalized spacial score (nSPS) is 13.1. The summed E-state index contributed by atoms with van der Waals surface area (Å²) in [6, 6.07) is 20.0. The van der Waals surface area contributed by atoms with Gasteiger partial charge >= 0.3 is 6.18 Å². The molecule has 4 heteroatoms. The van der Waals surface area contributed by atoms with E-state index in [1.54, 1.807) is 6.07 Å². The van der Waals surface area contributed by atoms with Crippen LogP contribution in [0.4, 0.5) is 13.2 Å². The van der Waals surface area contributed by atoms with E-state index in [0.717, 1.165) is 18.9 Å². The van der Waals surface area contributed by atoms with Gasteiger partial charge in [-0.15, -0.1) is 0 Å². The first-order valence-electron chi connectivity index (χ1n) is 8.82. The molecule has 0 aliphatic carbocycles. The third-order valence-electron chi connectivity index (χ3n) is 4.72. The summed E-state index contributed by atoms with van der Waals surface area (Å²) in [5.74, 6) is 0. The molecule has 0 bridgehead atoms. The molecule has 0 saturated heterocycles. The van der Waals surface area contributed by atoms with E-state index in [1.807, 2.05) is 18.2 Å². The topological polar surface area (TPSA) is 26.0 Å². The third kappa shape index (κ3) is 4.64. The maximum Gasteiger partial charge on any atom is 0.416 e. The van der Waals surface area contributed by atoms with Gasteiger partial charge in [-0.05, 0) is 53.6 Å². The minimum Gasteiger partial charge on any atom is -0.328 e. The van der Waals surface area contributed by atoms with Gasteiger partial charge in [0.15, 0.2) is 0 Å². The lowest BCUT2D eigenvalue weighted by Gasteiger charge is -2.14. The number of aryl methyl sites for hydroxylation is 2. The molecule has 0 fully saturated rings. The molecule has 3 aromatic rings. The zero-order valence-electron chi connectivity index (χ0n) is 14.5. The van der Waals surface area contributed by atoms with Crippen LogP contribution in [0.2, 0.25) is 0 Å². The first-order valence-corrected chi connectivity index (χ1v) is 8.82. The lowest BCUT2D eigenvalue weighted by Crippen LogP contribution is -2.21. The van der Waals surface area contributed by atoms with Crippen LogP contribution in [0.15, 0.2) is 66.7 Å². The number of nitrogens with two attached hydrogens (primary N) is 1. The van der Waals surface area contributed by atoms with E-state index in [2.05, 4.69) is 24.3 Å². The molecule has 0 amide bonds. The summed E-state index contributed by atoms with van der Waals surface area (Å²) < 4.78 is 38.3. The van der Waals surface area contributed by atoms with Gasteiger partial charge in [-0.1, -0.05) is 60.7 Å².